The molecule has 8 nitrogen and oxygen atoms in total. The molecule has 3 heterocycles. The molecule has 0 spiro atoms. The van der Waals surface area contributed by atoms with Gasteiger partial charge in [0.2, 0.25) is 5.91 Å². The van der Waals surface area contributed by atoms with Crippen molar-refractivity contribution >= 4 is 38.8 Å². The summed E-state index contributed by atoms with van der Waals surface area (Å²) in [5.74, 6) is -0.108. The molecule has 10 heteroatoms. The first kappa shape index (κ1) is 19.9. The number of benzene rings is 2. The van der Waals surface area contributed by atoms with Crippen molar-refractivity contribution in [3.05, 3.63) is 76.5 Å². The minimum absolute atomic E-state index is 0.255. The van der Waals surface area contributed by atoms with Crippen LogP contribution in [0.2, 0.25) is 0 Å². The highest BCUT2D eigenvalue weighted by Crippen LogP contribution is 2.34. The monoisotopic (exact) mass is 449 g/mol. The van der Waals surface area contributed by atoms with Crippen molar-refractivity contribution in [2.24, 2.45) is 0 Å². The van der Waals surface area contributed by atoms with Crippen LogP contribution < -0.4 is 15.7 Å². The number of carbonyl (C=O) groups is 1. The number of hydrogen-bond acceptors (Lipinski definition) is 6. The summed E-state index contributed by atoms with van der Waals surface area (Å²) in [4.78, 5) is 29.7. The van der Waals surface area contributed by atoms with Crippen LogP contribution in [0.5, 0.6) is 5.75 Å². The summed E-state index contributed by atoms with van der Waals surface area (Å²) in [7, 11) is 1.54. The van der Waals surface area contributed by atoms with E-state index in [1.54, 1.807) is 36.4 Å². The lowest BCUT2D eigenvalue weighted by Gasteiger charge is -2.06. The minimum Gasteiger partial charge on any atom is -0.497 e. The summed E-state index contributed by atoms with van der Waals surface area (Å²) in [5, 5.41) is 8.99. The zero-order valence-electron chi connectivity index (χ0n) is 16.8. The standard InChI is InChI=1S/C22H16FN5O3S/c1-31-16-4-2-3-15(9-16)25-18(29)10-28-22(30)27-12-24-19-17(11-32-20(19)21(27)26-28)13-5-7-14(23)8-6-13/h2-9,11-12H,10H2,1H3,(H,25,29). The number of anilines is 1. The Bertz CT molecular complexity index is 1520. The summed E-state index contributed by atoms with van der Waals surface area (Å²) in [5.41, 5.74) is 2.79. The van der Waals surface area contributed by atoms with E-state index in [9.17, 15) is 14.0 Å². The maximum absolute atomic E-state index is 13.3. The Hall–Kier alpha value is -4.05. The minimum atomic E-state index is -0.466. The van der Waals surface area contributed by atoms with Gasteiger partial charge in [0, 0.05) is 22.7 Å². The summed E-state index contributed by atoms with van der Waals surface area (Å²) < 4.78 is 21.5. The smallest absolute Gasteiger partial charge is 0.352 e. The van der Waals surface area contributed by atoms with Crippen LogP contribution in [-0.2, 0) is 11.3 Å². The molecule has 0 aliphatic heterocycles. The molecule has 2 aromatic carbocycles. The Labute approximate surface area is 184 Å². The molecule has 0 fully saturated rings. The van der Waals surface area contributed by atoms with E-state index in [-0.39, 0.29) is 12.4 Å². The van der Waals surface area contributed by atoms with Crippen LogP contribution >= 0.6 is 11.3 Å². The second kappa shape index (κ2) is 7.89. The normalized spacial score (nSPS) is 11.2. The summed E-state index contributed by atoms with van der Waals surface area (Å²) in [6.07, 6.45) is 1.39. The van der Waals surface area contributed by atoms with Crippen LogP contribution in [-0.4, -0.2) is 32.2 Å². The molecule has 0 aliphatic rings. The third kappa shape index (κ3) is 3.50. The lowest BCUT2D eigenvalue weighted by atomic mass is 10.1. The van der Waals surface area contributed by atoms with Gasteiger partial charge in [-0.3, -0.25) is 4.79 Å². The third-order valence-corrected chi connectivity index (χ3v) is 5.91. The average molecular weight is 449 g/mol. The zero-order chi connectivity index (χ0) is 22.2. The van der Waals surface area contributed by atoms with Crippen molar-refractivity contribution in [2.75, 3.05) is 12.4 Å². The average Bonchev–Trinajstić information content (AvgIpc) is 3.36. The summed E-state index contributed by atoms with van der Waals surface area (Å²) >= 11 is 1.38. The van der Waals surface area contributed by atoms with Gasteiger partial charge >= 0.3 is 5.69 Å². The van der Waals surface area contributed by atoms with Crippen LogP contribution in [0.25, 0.3) is 27.0 Å². The Morgan fingerprint density at radius 1 is 1.22 bits per heavy atom. The Balaban J connectivity index is 1.47. The quantitative estimate of drug-likeness (QED) is 0.443. The lowest BCUT2D eigenvalue weighted by Crippen LogP contribution is -2.28. The molecule has 3 aromatic heterocycles. The van der Waals surface area contributed by atoms with Gasteiger partial charge in [-0.25, -0.2) is 23.3 Å². The van der Waals surface area contributed by atoms with Crippen molar-refractivity contribution in [3.8, 4) is 16.9 Å². The largest absolute Gasteiger partial charge is 0.497 e. The number of carbonyl (C=O) groups excluding carboxylic acids is 1. The number of methoxy groups -OCH3 is 1. The lowest BCUT2D eigenvalue weighted by molar-refractivity contribution is -0.117. The fourth-order valence-corrected chi connectivity index (χ4v) is 4.41. The number of ether oxygens (including phenoxy) is 1. The van der Waals surface area contributed by atoms with Crippen LogP contribution in [0, 0.1) is 5.82 Å². The predicted molar refractivity (Wildman–Crippen MR) is 120 cm³/mol. The van der Waals surface area contributed by atoms with Gasteiger partial charge in [-0.1, -0.05) is 18.2 Å². The molecule has 0 bridgehead atoms. The highest BCUT2D eigenvalue weighted by molar-refractivity contribution is 7.18. The highest BCUT2D eigenvalue weighted by Gasteiger charge is 2.17. The Morgan fingerprint density at radius 3 is 2.81 bits per heavy atom. The van der Waals surface area contributed by atoms with E-state index in [1.165, 1.54) is 41.3 Å². The second-order valence-corrected chi connectivity index (χ2v) is 7.87. The van der Waals surface area contributed by atoms with Gasteiger partial charge in [-0.15, -0.1) is 16.4 Å². The van der Waals surface area contributed by atoms with Crippen molar-refractivity contribution in [1.82, 2.24) is 19.2 Å². The molecule has 0 unspecified atom stereocenters. The van der Waals surface area contributed by atoms with Crippen LogP contribution in [0.15, 0.2) is 65.0 Å². The first-order chi connectivity index (χ1) is 15.5. The SMILES string of the molecule is COc1cccc(NC(=O)Cn2nc3c4scc(-c5ccc(F)cc5)c4ncn3c2=O)c1. The number of nitrogens with zero attached hydrogens (tertiary/aromatic N) is 4. The van der Waals surface area contributed by atoms with Crippen LogP contribution in [0.3, 0.4) is 0 Å². The van der Waals surface area contributed by atoms with Gasteiger partial charge in [0.1, 0.15) is 24.4 Å². The van der Waals surface area contributed by atoms with Crippen molar-refractivity contribution < 1.29 is 13.9 Å². The molecule has 1 amide bonds. The number of aromatic nitrogens is 4. The van der Waals surface area contributed by atoms with Gasteiger partial charge < -0.3 is 10.1 Å². The molecular weight excluding hydrogens is 433 g/mol. The number of fused-ring (bicyclic) bond motifs is 3. The molecule has 1 N–H and O–H groups in total. The van der Waals surface area contributed by atoms with E-state index >= 15 is 0 Å². The zero-order valence-corrected chi connectivity index (χ0v) is 17.6. The highest BCUT2D eigenvalue weighted by atomic mass is 32.1. The van der Waals surface area contributed by atoms with E-state index in [0.29, 0.717) is 27.3 Å². The maximum atomic E-state index is 13.3. The first-order valence-corrected chi connectivity index (χ1v) is 10.5. The van der Waals surface area contributed by atoms with Gasteiger partial charge in [-0.05, 0) is 29.8 Å². The molecule has 0 saturated heterocycles. The van der Waals surface area contributed by atoms with Gasteiger partial charge in [0.05, 0.1) is 17.3 Å². The summed E-state index contributed by atoms with van der Waals surface area (Å²) in [6.45, 7) is -0.255. The number of amides is 1. The Kier molecular flexibility index (Phi) is 4.91. The molecule has 160 valence electrons. The molecule has 0 radical (unpaired) electrons. The van der Waals surface area contributed by atoms with Crippen LogP contribution in [0.1, 0.15) is 0 Å². The van der Waals surface area contributed by atoms with Crippen molar-refractivity contribution in [3.63, 3.8) is 0 Å². The third-order valence-electron chi connectivity index (χ3n) is 4.94. The molecule has 0 atom stereocenters. The van der Waals surface area contributed by atoms with Gasteiger partial charge in [0.15, 0.2) is 5.65 Å². The predicted octanol–water partition coefficient (Wildman–Crippen LogP) is 3.56. The Morgan fingerprint density at radius 2 is 2.03 bits per heavy atom. The van der Waals surface area contributed by atoms with E-state index in [1.807, 2.05) is 5.38 Å². The van der Waals surface area contributed by atoms with Gasteiger partial charge in [0.25, 0.3) is 0 Å². The molecule has 0 saturated carbocycles. The van der Waals surface area contributed by atoms with Crippen molar-refractivity contribution in [1.29, 1.82) is 0 Å². The van der Waals surface area contributed by atoms with E-state index in [2.05, 4.69) is 15.4 Å². The maximum Gasteiger partial charge on any atom is 0.352 e. The topological polar surface area (TPSA) is 90.5 Å². The number of halogens is 1. The fraction of sp³-hybridized carbons (Fsp3) is 0.0909. The van der Waals surface area contributed by atoms with Crippen LogP contribution in [0.4, 0.5) is 10.1 Å². The second-order valence-electron chi connectivity index (χ2n) is 6.99. The summed E-state index contributed by atoms with van der Waals surface area (Å²) in [6, 6.07) is 13.1. The van der Waals surface area contributed by atoms with E-state index in [0.717, 1.165) is 15.8 Å². The number of thiophene rings is 1. The number of rotatable bonds is 5. The van der Waals surface area contributed by atoms with E-state index < -0.39 is 11.6 Å². The fourth-order valence-electron chi connectivity index (χ4n) is 3.41. The molecule has 5 rings (SSSR count). The molecular formula is C22H16FN5O3S. The van der Waals surface area contributed by atoms with E-state index in [4.69, 9.17) is 4.74 Å². The molecule has 0 aliphatic carbocycles. The molecule has 32 heavy (non-hydrogen) atoms. The number of hydrogen-bond donors (Lipinski definition) is 1. The molecule has 5 aromatic rings. The number of nitrogens with one attached hydrogen (secondary N) is 1. The first-order valence-electron chi connectivity index (χ1n) is 9.59. The van der Waals surface area contributed by atoms with Gasteiger partial charge in [-0.2, -0.15) is 0 Å². The van der Waals surface area contributed by atoms with Crippen molar-refractivity contribution in [2.45, 2.75) is 6.54 Å².